The van der Waals surface area contributed by atoms with Gasteiger partial charge in [0.2, 0.25) is 5.82 Å². The van der Waals surface area contributed by atoms with Crippen molar-refractivity contribution in [2.24, 2.45) is 0 Å². The average molecular weight is 235 g/mol. The molecule has 0 aliphatic heterocycles. The summed E-state index contributed by atoms with van der Waals surface area (Å²) in [4.78, 5) is 23.6. The van der Waals surface area contributed by atoms with Crippen LogP contribution in [-0.2, 0) is 0 Å². The minimum absolute atomic E-state index is 0.192. The number of hydrogen-bond donors (Lipinski definition) is 1. The molecule has 2 aromatic heterocycles. The summed E-state index contributed by atoms with van der Waals surface area (Å²) in [5.74, 6) is -1.32. The predicted molar refractivity (Wildman–Crippen MR) is 59.6 cm³/mol. The van der Waals surface area contributed by atoms with E-state index in [1.54, 1.807) is 6.07 Å². The number of aromatic nitrogens is 3. The highest BCUT2D eigenvalue weighted by Crippen LogP contribution is 2.27. The number of aromatic carboxylic acids is 1. The van der Waals surface area contributed by atoms with Gasteiger partial charge >= 0.3 is 5.97 Å². The molecule has 0 aromatic carbocycles. The Kier molecular flexibility index (Phi) is 2.66. The van der Waals surface area contributed by atoms with Gasteiger partial charge in [0.15, 0.2) is 0 Å². The summed E-state index contributed by atoms with van der Waals surface area (Å²) in [6.07, 6.45) is 1.44. The summed E-state index contributed by atoms with van der Waals surface area (Å²) in [6, 6.07) is 1.69. The maximum Gasteiger partial charge on any atom is 0.373 e. The molecule has 0 atom stereocenters. The molecule has 0 amide bonds. The van der Waals surface area contributed by atoms with Crippen molar-refractivity contribution in [1.82, 2.24) is 15.0 Å². The van der Waals surface area contributed by atoms with Gasteiger partial charge in [0.25, 0.3) is 0 Å². The molecule has 0 spiro atoms. The smallest absolute Gasteiger partial charge is 0.373 e. The van der Waals surface area contributed by atoms with Crippen LogP contribution >= 0.6 is 11.3 Å². The molecule has 0 radical (unpaired) electrons. The van der Waals surface area contributed by atoms with Crippen molar-refractivity contribution in [3.63, 3.8) is 0 Å². The third-order valence-electron chi connectivity index (χ3n) is 1.98. The van der Waals surface area contributed by atoms with Crippen LogP contribution in [0.5, 0.6) is 0 Å². The molecule has 16 heavy (non-hydrogen) atoms. The van der Waals surface area contributed by atoms with E-state index < -0.39 is 5.97 Å². The molecule has 0 bridgehead atoms. The predicted octanol–water partition coefficient (Wildman–Crippen LogP) is 1.92. The fourth-order valence-corrected chi connectivity index (χ4v) is 2.25. The molecule has 1 N–H and O–H groups in total. The molecule has 0 aliphatic rings. The van der Waals surface area contributed by atoms with Gasteiger partial charge in [-0.1, -0.05) is 0 Å². The van der Waals surface area contributed by atoms with Crippen LogP contribution < -0.4 is 0 Å². The first-order chi connectivity index (χ1) is 7.58. The standard InChI is InChI=1S/C10H9N3O2S/c1-5-8(16-6(2)12-5)7-3-4-11-9(13-7)10(14)15/h3-4H,1-2H3,(H,14,15). The van der Waals surface area contributed by atoms with Crippen molar-refractivity contribution >= 4 is 17.3 Å². The topological polar surface area (TPSA) is 76.0 Å². The van der Waals surface area contributed by atoms with Crippen molar-refractivity contribution in [1.29, 1.82) is 0 Å². The maximum atomic E-state index is 10.7. The quantitative estimate of drug-likeness (QED) is 0.860. The first kappa shape index (κ1) is 10.7. The van der Waals surface area contributed by atoms with E-state index in [2.05, 4.69) is 15.0 Å². The van der Waals surface area contributed by atoms with E-state index in [0.29, 0.717) is 5.69 Å². The lowest BCUT2D eigenvalue weighted by Gasteiger charge is -1.98. The van der Waals surface area contributed by atoms with Crippen molar-refractivity contribution in [2.75, 3.05) is 0 Å². The van der Waals surface area contributed by atoms with Gasteiger partial charge < -0.3 is 5.11 Å². The molecule has 0 unspecified atom stereocenters. The molecule has 2 rings (SSSR count). The van der Waals surface area contributed by atoms with E-state index in [1.165, 1.54) is 17.5 Å². The van der Waals surface area contributed by atoms with Crippen LogP contribution in [0.4, 0.5) is 0 Å². The zero-order valence-electron chi connectivity index (χ0n) is 8.76. The van der Waals surface area contributed by atoms with Crippen LogP contribution in [0, 0.1) is 13.8 Å². The molecule has 0 aliphatic carbocycles. The van der Waals surface area contributed by atoms with Crippen LogP contribution in [0.25, 0.3) is 10.6 Å². The van der Waals surface area contributed by atoms with Gasteiger partial charge in [0, 0.05) is 6.20 Å². The number of hydrogen-bond acceptors (Lipinski definition) is 5. The van der Waals surface area contributed by atoms with E-state index in [0.717, 1.165) is 15.6 Å². The van der Waals surface area contributed by atoms with Gasteiger partial charge in [-0.25, -0.2) is 19.7 Å². The zero-order valence-corrected chi connectivity index (χ0v) is 9.58. The first-order valence-electron chi connectivity index (χ1n) is 4.58. The Bertz CT molecular complexity index is 551. The van der Waals surface area contributed by atoms with Crippen molar-refractivity contribution in [3.8, 4) is 10.6 Å². The van der Waals surface area contributed by atoms with Crippen LogP contribution in [0.1, 0.15) is 21.3 Å². The summed E-state index contributed by atoms with van der Waals surface area (Å²) < 4.78 is 0. The maximum absolute atomic E-state index is 10.7. The summed E-state index contributed by atoms with van der Waals surface area (Å²) in [5, 5.41) is 9.73. The highest BCUT2D eigenvalue weighted by molar-refractivity contribution is 7.15. The van der Waals surface area contributed by atoms with Crippen molar-refractivity contribution < 1.29 is 9.90 Å². The third-order valence-corrected chi connectivity index (χ3v) is 3.08. The summed E-state index contributed by atoms with van der Waals surface area (Å²) in [7, 11) is 0. The van der Waals surface area contributed by atoms with Gasteiger partial charge in [-0.2, -0.15) is 0 Å². The number of rotatable bonds is 2. The number of carbonyl (C=O) groups is 1. The van der Waals surface area contributed by atoms with Crippen molar-refractivity contribution in [3.05, 3.63) is 28.8 Å². The van der Waals surface area contributed by atoms with E-state index in [9.17, 15) is 4.79 Å². The zero-order chi connectivity index (χ0) is 11.7. The minimum atomic E-state index is -1.12. The molecule has 2 heterocycles. The molecule has 5 nitrogen and oxygen atoms in total. The van der Waals surface area contributed by atoms with Gasteiger partial charge in [-0.3, -0.25) is 0 Å². The van der Waals surface area contributed by atoms with E-state index >= 15 is 0 Å². The molecule has 0 saturated heterocycles. The molecular weight excluding hydrogens is 226 g/mol. The molecule has 0 fully saturated rings. The number of thiazole rings is 1. The Balaban J connectivity index is 2.52. The fraction of sp³-hybridized carbons (Fsp3) is 0.200. The Labute approximate surface area is 95.8 Å². The Hall–Kier alpha value is -1.82. The number of carboxylic acid groups (broad SMARTS) is 1. The highest BCUT2D eigenvalue weighted by Gasteiger charge is 2.12. The average Bonchev–Trinajstić information content (AvgIpc) is 2.58. The second-order valence-corrected chi connectivity index (χ2v) is 4.42. The normalized spacial score (nSPS) is 10.4. The highest BCUT2D eigenvalue weighted by atomic mass is 32.1. The second kappa shape index (κ2) is 3.97. The van der Waals surface area contributed by atoms with Crippen molar-refractivity contribution in [2.45, 2.75) is 13.8 Å². The first-order valence-corrected chi connectivity index (χ1v) is 5.40. The summed E-state index contributed by atoms with van der Waals surface area (Å²) >= 11 is 1.49. The van der Waals surface area contributed by atoms with Gasteiger partial charge in [-0.05, 0) is 19.9 Å². The monoisotopic (exact) mass is 235 g/mol. The van der Waals surface area contributed by atoms with E-state index in [1.807, 2.05) is 13.8 Å². The molecule has 0 saturated carbocycles. The minimum Gasteiger partial charge on any atom is -0.475 e. The molecule has 6 heteroatoms. The Morgan fingerprint density at radius 2 is 2.12 bits per heavy atom. The van der Waals surface area contributed by atoms with Crippen LogP contribution in [0.15, 0.2) is 12.3 Å². The fourth-order valence-electron chi connectivity index (χ4n) is 1.36. The summed E-state index contributed by atoms with van der Waals surface area (Å²) in [5.41, 5.74) is 1.47. The number of nitrogens with zero attached hydrogens (tertiary/aromatic N) is 3. The summed E-state index contributed by atoms with van der Waals surface area (Å²) in [6.45, 7) is 3.78. The van der Waals surface area contributed by atoms with Gasteiger partial charge in [0.1, 0.15) is 0 Å². The Morgan fingerprint density at radius 3 is 2.69 bits per heavy atom. The SMILES string of the molecule is Cc1nc(C)c(-c2ccnc(C(=O)O)n2)s1. The Morgan fingerprint density at radius 1 is 1.38 bits per heavy atom. The van der Waals surface area contributed by atoms with E-state index in [-0.39, 0.29) is 5.82 Å². The number of carboxylic acids is 1. The second-order valence-electron chi connectivity index (χ2n) is 3.22. The largest absolute Gasteiger partial charge is 0.475 e. The van der Waals surface area contributed by atoms with Crippen LogP contribution in [0.3, 0.4) is 0 Å². The van der Waals surface area contributed by atoms with E-state index in [4.69, 9.17) is 5.11 Å². The van der Waals surface area contributed by atoms with Gasteiger partial charge in [-0.15, -0.1) is 11.3 Å². The lowest BCUT2D eigenvalue weighted by atomic mass is 10.3. The molecule has 82 valence electrons. The van der Waals surface area contributed by atoms with Crippen LogP contribution in [0.2, 0.25) is 0 Å². The lowest BCUT2D eigenvalue weighted by Crippen LogP contribution is -2.03. The van der Waals surface area contributed by atoms with Crippen LogP contribution in [-0.4, -0.2) is 26.0 Å². The lowest BCUT2D eigenvalue weighted by molar-refractivity contribution is 0.0683. The molecule has 2 aromatic rings. The number of aryl methyl sites for hydroxylation is 2. The molecular formula is C10H9N3O2S. The van der Waals surface area contributed by atoms with Gasteiger partial charge in [0.05, 0.1) is 21.3 Å². The third kappa shape index (κ3) is 1.92.